The summed E-state index contributed by atoms with van der Waals surface area (Å²) in [6, 6.07) is 3.87. The Bertz CT molecular complexity index is 559. The fourth-order valence-corrected chi connectivity index (χ4v) is 2.82. The zero-order chi connectivity index (χ0) is 16.1. The van der Waals surface area contributed by atoms with Crippen LogP contribution >= 0.6 is 0 Å². The Kier molecular flexibility index (Phi) is 5.32. The van der Waals surface area contributed by atoms with Crippen molar-refractivity contribution in [3.8, 4) is 11.5 Å². The summed E-state index contributed by atoms with van der Waals surface area (Å²) < 4.78 is 16.7. The van der Waals surface area contributed by atoms with Gasteiger partial charge in [0.05, 0.1) is 39.2 Å². The molecule has 0 saturated carbocycles. The van der Waals surface area contributed by atoms with Crippen LogP contribution in [0.4, 0.5) is 5.69 Å². The van der Waals surface area contributed by atoms with E-state index in [2.05, 4.69) is 9.89 Å². The third kappa shape index (κ3) is 3.93. The van der Waals surface area contributed by atoms with Crippen molar-refractivity contribution in [3.05, 3.63) is 17.7 Å². The van der Waals surface area contributed by atoms with Crippen LogP contribution in [0.5, 0.6) is 11.5 Å². The van der Waals surface area contributed by atoms with Crippen molar-refractivity contribution < 1.29 is 14.2 Å². The monoisotopic (exact) mass is 320 g/mol. The average molecular weight is 320 g/mol. The quantitative estimate of drug-likeness (QED) is 0.623. The summed E-state index contributed by atoms with van der Waals surface area (Å²) in [4.78, 5) is 6.62. The van der Waals surface area contributed by atoms with Crippen molar-refractivity contribution >= 4 is 12.0 Å². The summed E-state index contributed by atoms with van der Waals surface area (Å²) >= 11 is 0. The van der Waals surface area contributed by atoms with E-state index in [9.17, 15) is 0 Å². The fraction of sp³-hybridized carbons (Fsp3) is 0.562. The molecule has 0 atom stereocenters. The molecule has 1 saturated heterocycles. The Balaban J connectivity index is 1.57. The third-order valence-electron chi connectivity index (χ3n) is 4.09. The summed E-state index contributed by atoms with van der Waals surface area (Å²) in [6.07, 6.45) is 2.59. The van der Waals surface area contributed by atoms with Crippen molar-refractivity contribution in [2.24, 2.45) is 10.8 Å². The van der Waals surface area contributed by atoms with Gasteiger partial charge in [-0.1, -0.05) is 0 Å². The minimum Gasteiger partial charge on any atom is -0.493 e. The van der Waals surface area contributed by atoms with Crippen LogP contribution in [0.25, 0.3) is 0 Å². The van der Waals surface area contributed by atoms with Gasteiger partial charge in [0, 0.05) is 31.3 Å². The number of methoxy groups -OCH3 is 1. The summed E-state index contributed by atoms with van der Waals surface area (Å²) in [5.41, 5.74) is 1.94. The number of hydrazine groups is 1. The van der Waals surface area contributed by atoms with Gasteiger partial charge in [0.25, 0.3) is 0 Å². The van der Waals surface area contributed by atoms with Crippen LogP contribution in [0.3, 0.4) is 0 Å². The molecule has 0 aromatic heterocycles. The van der Waals surface area contributed by atoms with Crippen LogP contribution in [0, 0.1) is 0 Å². The molecule has 2 aliphatic heterocycles. The molecule has 0 aliphatic carbocycles. The van der Waals surface area contributed by atoms with E-state index >= 15 is 0 Å². The lowest BCUT2D eigenvalue weighted by molar-refractivity contribution is 0.0357. The number of hydrogen-bond donors (Lipinski definition) is 1. The van der Waals surface area contributed by atoms with Gasteiger partial charge in [0.2, 0.25) is 0 Å². The second kappa shape index (κ2) is 7.63. The third-order valence-corrected chi connectivity index (χ3v) is 4.09. The van der Waals surface area contributed by atoms with E-state index in [-0.39, 0.29) is 0 Å². The lowest BCUT2D eigenvalue weighted by Gasteiger charge is -2.26. The Morgan fingerprint density at radius 2 is 2.09 bits per heavy atom. The van der Waals surface area contributed by atoms with Crippen molar-refractivity contribution in [1.29, 1.82) is 0 Å². The molecule has 7 heteroatoms. The molecule has 2 N–H and O–H groups in total. The molecule has 1 aromatic carbocycles. The van der Waals surface area contributed by atoms with E-state index in [1.54, 1.807) is 13.4 Å². The molecule has 0 spiro atoms. The lowest BCUT2D eigenvalue weighted by atomic mass is 10.1. The first kappa shape index (κ1) is 16.0. The first-order valence-electron chi connectivity index (χ1n) is 7.95. The highest BCUT2D eigenvalue weighted by Gasteiger charge is 2.17. The summed E-state index contributed by atoms with van der Waals surface area (Å²) in [5, 5.41) is 1.50. The van der Waals surface area contributed by atoms with Gasteiger partial charge >= 0.3 is 0 Å². The number of morpholine rings is 1. The number of rotatable bonds is 6. The summed E-state index contributed by atoms with van der Waals surface area (Å²) in [5.74, 6) is 7.34. The van der Waals surface area contributed by atoms with Crippen molar-refractivity contribution in [3.63, 3.8) is 0 Å². The Hall–Kier alpha value is -1.83. The minimum absolute atomic E-state index is 0.608. The molecule has 1 aromatic rings. The molecule has 126 valence electrons. The van der Waals surface area contributed by atoms with Crippen molar-refractivity contribution in [1.82, 2.24) is 4.90 Å². The molecule has 0 bridgehead atoms. The van der Waals surface area contributed by atoms with Gasteiger partial charge in [-0.2, -0.15) is 0 Å². The molecule has 0 radical (unpaired) electrons. The number of fused-ring (bicyclic) bond motifs is 1. The zero-order valence-electron chi connectivity index (χ0n) is 13.5. The minimum atomic E-state index is 0.608. The smallest absolute Gasteiger partial charge is 0.162 e. The Labute approximate surface area is 136 Å². The number of aliphatic imine (C=N–C) groups is 1. The van der Waals surface area contributed by atoms with Crippen LogP contribution in [-0.4, -0.2) is 57.8 Å². The van der Waals surface area contributed by atoms with Gasteiger partial charge in [-0.25, -0.2) is 5.84 Å². The van der Waals surface area contributed by atoms with Crippen LogP contribution in [0.1, 0.15) is 12.0 Å². The zero-order valence-corrected chi connectivity index (χ0v) is 13.5. The second-order valence-corrected chi connectivity index (χ2v) is 5.65. The van der Waals surface area contributed by atoms with Gasteiger partial charge in [-0.05, 0) is 12.5 Å². The van der Waals surface area contributed by atoms with Gasteiger partial charge in [-0.15, -0.1) is 0 Å². The molecular formula is C16H24N4O3. The lowest BCUT2D eigenvalue weighted by Crippen LogP contribution is -2.37. The molecule has 2 aliphatic rings. The fourth-order valence-electron chi connectivity index (χ4n) is 2.82. The molecule has 0 unspecified atom stereocenters. The van der Waals surface area contributed by atoms with Crippen LogP contribution < -0.4 is 20.3 Å². The van der Waals surface area contributed by atoms with E-state index in [0.717, 1.165) is 56.3 Å². The molecule has 7 nitrogen and oxygen atoms in total. The number of hydrogen-bond acceptors (Lipinski definition) is 7. The molecule has 23 heavy (non-hydrogen) atoms. The second-order valence-electron chi connectivity index (χ2n) is 5.65. The summed E-state index contributed by atoms with van der Waals surface area (Å²) in [6.45, 7) is 5.96. The van der Waals surface area contributed by atoms with Crippen molar-refractivity contribution in [2.45, 2.75) is 13.0 Å². The van der Waals surface area contributed by atoms with Crippen LogP contribution in [0.15, 0.2) is 17.1 Å². The standard InChI is InChI=1S/C16H24N4O3/c1-21-15-10-14-13(11-18-12-20(14)17)9-16(15)23-6-2-3-19-4-7-22-8-5-19/h9-10,12H,2-8,11,17H2,1H3. The van der Waals surface area contributed by atoms with E-state index < -0.39 is 0 Å². The highest BCUT2D eigenvalue weighted by atomic mass is 16.5. The van der Waals surface area contributed by atoms with Crippen molar-refractivity contribution in [2.75, 3.05) is 51.6 Å². The molecule has 0 amide bonds. The van der Waals surface area contributed by atoms with E-state index in [1.165, 1.54) is 5.01 Å². The van der Waals surface area contributed by atoms with Gasteiger partial charge < -0.3 is 14.2 Å². The number of benzene rings is 1. The SMILES string of the molecule is COc1cc2c(cc1OCCCN1CCOCC1)CN=CN2N. The largest absolute Gasteiger partial charge is 0.493 e. The maximum absolute atomic E-state index is 5.93. The van der Waals surface area contributed by atoms with Crippen LogP contribution in [-0.2, 0) is 11.3 Å². The first-order chi connectivity index (χ1) is 11.3. The van der Waals surface area contributed by atoms with Gasteiger partial charge in [-0.3, -0.25) is 14.9 Å². The van der Waals surface area contributed by atoms with E-state index in [0.29, 0.717) is 18.9 Å². The predicted octanol–water partition coefficient (Wildman–Crippen LogP) is 1.02. The maximum Gasteiger partial charge on any atom is 0.162 e. The summed E-state index contributed by atoms with van der Waals surface area (Å²) in [7, 11) is 1.64. The Morgan fingerprint density at radius 1 is 1.26 bits per heavy atom. The maximum atomic E-state index is 5.93. The molecule has 2 heterocycles. The normalized spacial score (nSPS) is 17.9. The number of ether oxygens (including phenoxy) is 3. The average Bonchev–Trinajstić information content (AvgIpc) is 2.59. The topological polar surface area (TPSA) is 72.6 Å². The highest BCUT2D eigenvalue weighted by Crippen LogP contribution is 2.36. The molecule has 3 rings (SSSR count). The van der Waals surface area contributed by atoms with E-state index in [1.807, 2.05) is 12.1 Å². The van der Waals surface area contributed by atoms with Gasteiger partial charge in [0.1, 0.15) is 6.34 Å². The van der Waals surface area contributed by atoms with Gasteiger partial charge in [0.15, 0.2) is 11.5 Å². The number of nitrogens with zero attached hydrogens (tertiary/aromatic N) is 3. The Morgan fingerprint density at radius 3 is 2.87 bits per heavy atom. The number of nitrogens with two attached hydrogens (primary N) is 1. The predicted molar refractivity (Wildman–Crippen MR) is 89.2 cm³/mol. The van der Waals surface area contributed by atoms with Crippen LogP contribution in [0.2, 0.25) is 0 Å². The highest BCUT2D eigenvalue weighted by molar-refractivity contribution is 5.82. The first-order valence-corrected chi connectivity index (χ1v) is 7.95. The van der Waals surface area contributed by atoms with E-state index in [4.69, 9.17) is 20.1 Å². The molecule has 1 fully saturated rings. The number of anilines is 1. The molecular weight excluding hydrogens is 296 g/mol.